The van der Waals surface area contributed by atoms with Gasteiger partial charge in [-0.2, -0.15) is 0 Å². The predicted octanol–water partition coefficient (Wildman–Crippen LogP) is 6.15. The van der Waals surface area contributed by atoms with Crippen LogP contribution in [0.1, 0.15) is 48.5 Å². The third kappa shape index (κ3) is 5.26. The van der Waals surface area contributed by atoms with Crippen molar-refractivity contribution in [1.82, 2.24) is 10.3 Å². The fourth-order valence-corrected chi connectivity index (χ4v) is 3.92. The van der Waals surface area contributed by atoms with Crippen LogP contribution < -0.4 is 10.6 Å². The summed E-state index contributed by atoms with van der Waals surface area (Å²) in [6.07, 6.45) is 3.91. The molecule has 1 unspecified atom stereocenters. The zero-order chi connectivity index (χ0) is 21.8. The SMILES string of the molecule is CC(C)C(CNc1ccc(Cl)cn1)NC(=O)c1c(-c2ccccc2)cccc1C1CC1. The minimum atomic E-state index is -0.0409. The summed E-state index contributed by atoms with van der Waals surface area (Å²) in [4.78, 5) is 17.9. The van der Waals surface area contributed by atoms with Crippen molar-refractivity contribution in [1.29, 1.82) is 0 Å². The average molecular weight is 434 g/mol. The smallest absolute Gasteiger partial charge is 0.252 e. The highest BCUT2D eigenvalue weighted by molar-refractivity contribution is 6.30. The van der Waals surface area contributed by atoms with E-state index in [2.05, 4.69) is 59.8 Å². The van der Waals surface area contributed by atoms with E-state index in [1.54, 1.807) is 12.3 Å². The summed E-state index contributed by atoms with van der Waals surface area (Å²) < 4.78 is 0. The number of aromatic nitrogens is 1. The summed E-state index contributed by atoms with van der Waals surface area (Å²) in [6.45, 7) is 4.82. The third-order valence-electron chi connectivity index (χ3n) is 5.78. The maximum absolute atomic E-state index is 13.6. The largest absolute Gasteiger partial charge is 0.368 e. The Bertz CT molecular complexity index is 1030. The zero-order valence-corrected chi connectivity index (χ0v) is 18.7. The van der Waals surface area contributed by atoms with E-state index >= 15 is 0 Å². The van der Waals surface area contributed by atoms with Gasteiger partial charge in [-0.1, -0.05) is 74.0 Å². The molecule has 1 fully saturated rings. The molecule has 2 aromatic carbocycles. The second-order valence-corrected chi connectivity index (χ2v) is 8.91. The summed E-state index contributed by atoms with van der Waals surface area (Å²) in [5.74, 6) is 1.48. The van der Waals surface area contributed by atoms with E-state index in [-0.39, 0.29) is 17.9 Å². The lowest BCUT2D eigenvalue weighted by Crippen LogP contribution is -2.43. The minimum absolute atomic E-state index is 0.00841. The van der Waals surface area contributed by atoms with Gasteiger partial charge in [0, 0.05) is 18.8 Å². The number of carbonyl (C=O) groups is 1. The molecule has 31 heavy (non-hydrogen) atoms. The van der Waals surface area contributed by atoms with Gasteiger partial charge in [-0.3, -0.25) is 4.79 Å². The lowest BCUT2D eigenvalue weighted by atomic mass is 9.92. The highest BCUT2D eigenvalue weighted by atomic mass is 35.5. The molecule has 3 aromatic rings. The molecule has 2 N–H and O–H groups in total. The Hall–Kier alpha value is -2.85. The number of amides is 1. The number of nitrogens with one attached hydrogen (secondary N) is 2. The normalized spacial score (nSPS) is 14.3. The molecule has 1 saturated carbocycles. The van der Waals surface area contributed by atoms with Gasteiger partial charge in [0.15, 0.2) is 0 Å². The van der Waals surface area contributed by atoms with Crippen LogP contribution in [0.2, 0.25) is 5.02 Å². The molecule has 1 atom stereocenters. The first-order chi connectivity index (χ1) is 15.0. The van der Waals surface area contributed by atoms with Crippen molar-refractivity contribution in [2.24, 2.45) is 5.92 Å². The molecular formula is C26H28ClN3O. The van der Waals surface area contributed by atoms with E-state index in [1.807, 2.05) is 24.3 Å². The van der Waals surface area contributed by atoms with E-state index in [0.717, 1.165) is 40.9 Å². The molecule has 0 saturated heterocycles. The number of rotatable bonds is 8. The molecule has 1 aromatic heterocycles. The van der Waals surface area contributed by atoms with Crippen LogP contribution in [0.25, 0.3) is 11.1 Å². The summed E-state index contributed by atoms with van der Waals surface area (Å²) in [6, 6.07) is 20.0. The molecule has 0 aliphatic heterocycles. The van der Waals surface area contributed by atoms with Crippen molar-refractivity contribution in [3.05, 3.63) is 83.0 Å². The molecule has 0 radical (unpaired) electrons. The second-order valence-electron chi connectivity index (χ2n) is 8.48. The average Bonchev–Trinajstić information content (AvgIpc) is 3.63. The Morgan fingerprint density at radius 1 is 1.06 bits per heavy atom. The Kier molecular flexibility index (Phi) is 6.57. The van der Waals surface area contributed by atoms with Gasteiger partial charge in [-0.05, 0) is 53.5 Å². The van der Waals surface area contributed by atoms with Crippen LogP contribution >= 0.6 is 11.6 Å². The molecule has 1 aliphatic carbocycles. The van der Waals surface area contributed by atoms with Crippen molar-refractivity contribution >= 4 is 23.3 Å². The number of nitrogens with zero attached hydrogens (tertiary/aromatic N) is 1. The van der Waals surface area contributed by atoms with Gasteiger partial charge in [0.05, 0.1) is 10.6 Å². The molecule has 0 bridgehead atoms. The van der Waals surface area contributed by atoms with Crippen LogP contribution in [0, 0.1) is 5.92 Å². The van der Waals surface area contributed by atoms with Crippen molar-refractivity contribution in [2.45, 2.75) is 38.6 Å². The Morgan fingerprint density at radius 3 is 2.48 bits per heavy atom. The standard InChI is InChI=1S/C26H28ClN3O/c1-17(2)23(16-29-24-14-13-20(27)15-28-24)30-26(31)25-21(18-7-4-3-5-8-18)9-6-10-22(25)19-11-12-19/h3-10,13-15,17,19,23H,11-12,16H2,1-2H3,(H,28,29)(H,30,31). The van der Waals surface area contributed by atoms with Crippen molar-refractivity contribution in [2.75, 3.05) is 11.9 Å². The fourth-order valence-electron chi connectivity index (χ4n) is 3.81. The lowest BCUT2D eigenvalue weighted by molar-refractivity contribution is 0.0928. The van der Waals surface area contributed by atoms with Gasteiger partial charge in [-0.25, -0.2) is 4.98 Å². The van der Waals surface area contributed by atoms with Gasteiger partial charge in [-0.15, -0.1) is 0 Å². The highest BCUT2D eigenvalue weighted by Gasteiger charge is 2.30. The molecule has 1 aliphatic rings. The topological polar surface area (TPSA) is 54.0 Å². The van der Waals surface area contributed by atoms with Crippen molar-refractivity contribution in [3.8, 4) is 11.1 Å². The Morgan fingerprint density at radius 2 is 1.84 bits per heavy atom. The fraction of sp³-hybridized carbons (Fsp3) is 0.308. The molecule has 4 nitrogen and oxygen atoms in total. The van der Waals surface area contributed by atoms with Crippen LogP contribution in [0.5, 0.6) is 0 Å². The van der Waals surface area contributed by atoms with Crippen LogP contribution in [0.15, 0.2) is 66.9 Å². The molecule has 5 heteroatoms. The van der Waals surface area contributed by atoms with Crippen LogP contribution in [-0.2, 0) is 0 Å². The minimum Gasteiger partial charge on any atom is -0.368 e. The molecular weight excluding hydrogens is 406 g/mol. The first-order valence-corrected chi connectivity index (χ1v) is 11.3. The number of carbonyl (C=O) groups excluding carboxylic acids is 1. The van der Waals surface area contributed by atoms with Gasteiger partial charge in [0.2, 0.25) is 0 Å². The van der Waals surface area contributed by atoms with Crippen LogP contribution in [0.4, 0.5) is 5.82 Å². The number of anilines is 1. The van der Waals surface area contributed by atoms with Gasteiger partial charge in [0.25, 0.3) is 5.91 Å². The Labute approximate surface area is 189 Å². The highest BCUT2D eigenvalue weighted by Crippen LogP contribution is 2.43. The molecule has 160 valence electrons. The van der Waals surface area contributed by atoms with Gasteiger partial charge >= 0.3 is 0 Å². The molecule has 1 amide bonds. The maximum atomic E-state index is 13.6. The lowest BCUT2D eigenvalue weighted by Gasteiger charge is -2.25. The number of hydrogen-bond acceptors (Lipinski definition) is 3. The van der Waals surface area contributed by atoms with Crippen molar-refractivity contribution < 1.29 is 4.79 Å². The van der Waals surface area contributed by atoms with Crippen molar-refractivity contribution in [3.63, 3.8) is 0 Å². The number of hydrogen-bond donors (Lipinski definition) is 2. The van der Waals surface area contributed by atoms with E-state index < -0.39 is 0 Å². The molecule has 1 heterocycles. The predicted molar refractivity (Wildman–Crippen MR) is 128 cm³/mol. The first-order valence-electron chi connectivity index (χ1n) is 10.9. The number of pyridine rings is 1. The third-order valence-corrected chi connectivity index (χ3v) is 6.00. The summed E-state index contributed by atoms with van der Waals surface area (Å²) in [5.41, 5.74) is 4.04. The molecule has 4 rings (SSSR count). The quantitative estimate of drug-likeness (QED) is 0.448. The van der Waals surface area contributed by atoms with E-state index in [1.165, 1.54) is 0 Å². The summed E-state index contributed by atoms with van der Waals surface area (Å²) in [7, 11) is 0. The maximum Gasteiger partial charge on any atom is 0.252 e. The van der Waals surface area contributed by atoms with E-state index in [0.29, 0.717) is 17.5 Å². The van der Waals surface area contributed by atoms with Crippen LogP contribution in [-0.4, -0.2) is 23.5 Å². The second kappa shape index (κ2) is 9.52. The number of benzene rings is 2. The van der Waals surface area contributed by atoms with E-state index in [9.17, 15) is 4.79 Å². The summed E-state index contributed by atoms with van der Waals surface area (Å²) >= 11 is 5.92. The summed E-state index contributed by atoms with van der Waals surface area (Å²) in [5, 5.41) is 7.22. The van der Waals surface area contributed by atoms with E-state index in [4.69, 9.17) is 11.6 Å². The number of halogens is 1. The monoisotopic (exact) mass is 433 g/mol. The zero-order valence-electron chi connectivity index (χ0n) is 17.9. The molecule has 0 spiro atoms. The van der Waals surface area contributed by atoms with Gasteiger partial charge in [0.1, 0.15) is 5.82 Å². The Balaban J connectivity index is 1.58. The first kappa shape index (κ1) is 21.4. The van der Waals surface area contributed by atoms with Crippen LogP contribution in [0.3, 0.4) is 0 Å². The van der Waals surface area contributed by atoms with Gasteiger partial charge < -0.3 is 10.6 Å².